The summed E-state index contributed by atoms with van der Waals surface area (Å²) < 4.78 is 17.4. The molecular weight excluding hydrogens is 562 g/mol. The number of carbonyl (C=O) groups excluding carboxylic acids is 2. The van der Waals surface area contributed by atoms with Gasteiger partial charge in [-0.1, -0.05) is 0 Å². The first-order valence-corrected chi connectivity index (χ1v) is 11.7. The minimum atomic E-state index is -0.445. The summed E-state index contributed by atoms with van der Waals surface area (Å²) in [6.45, 7) is 4.33. The first-order chi connectivity index (χ1) is 15.9. The van der Waals surface area contributed by atoms with E-state index in [4.69, 9.17) is 14.2 Å². The molecular formula is C22H23Br2N3O6. The lowest BCUT2D eigenvalue weighted by atomic mass is 10.2. The van der Waals surface area contributed by atoms with Gasteiger partial charge in [0.25, 0.3) is 11.8 Å². The molecule has 0 aromatic heterocycles. The number of ether oxygens (including phenoxy) is 3. The maximum absolute atomic E-state index is 12.3. The van der Waals surface area contributed by atoms with E-state index in [-0.39, 0.29) is 18.3 Å². The highest BCUT2D eigenvalue weighted by atomic mass is 79.9. The molecule has 1 saturated heterocycles. The molecule has 33 heavy (non-hydrogen) atoms. The molecule has 1 aliphatic rings. The van der Waals surface area contributed by atoms with Gasteiger partial charge in [-0.05, 0) is 74.7 Å². The van der Waals surface area contributed by atoms with Crippen molar-refractivity contribution < 1.29 is 28.9 Å². The molecule has 176 valence electrons. The molecule has 1 aliphatic heterocycles. The van der Waals surface area contributed by atoms with Gasteiger partial charge in [0.1, 0.15) is 5.75 Å². The summed E-state index contributed by atoms with van der Waals surface area (Å²) in [5.74, 6) is 0.362. The van der Waals surface area contributed by atoms with Crippen LogP contribution in [0, 0.1) is 0 Å². The van der Waals surface area contributed by atoms with Crippen LogP contribution in [-0.4, -0.2) is 67.6 Å². The predicted molar refractivity (Wildman–Crippen MR) is 129 cm³/mol. The van der Waals surface area contributed by atoms with Gasteiger partial charge in [-0.3, -0.25) is 9.59 Å². The minimum absolute atomic E-state index is 0.00691. The van der Waals surface area contributed by atoms with E-state index in [1.165, 1.54) is 18.3 Å². The molecule has 2 amide bonds. The molecule has 2 N–H and O–H groups in total. The number of halogens is 2. The molecule has 0 unspecified atom stereocenters. The van der Waals surface area contributed by atoms with Crippen LogP contribution in [0.3, 0.4) is 0 Å². The summed E-state index contributed by atoms with van der Waals surface area (Å²) in [6, 6.07) is 8.11. The normalized spacial score (nSPS) is 13.7. The molecule has 9 nitrogen and oxygen atoms in total. The number of benzene rings is 2. The van der Waals surface area contributed by atoms with Gasteiger partial charge in [0.15, 0.2) is 18.1 Å². The summed E-state index contributed by atoms with van der Waals surface area (Å²) in [7, 11) is 0. The van der Waals surface area contributed by atoms with Crippen LogP contribution < -0.4 is 14.9 Å². The summed E-state index contributed by atoms with van der Waals surface area (Å²) in [5.41, 5.74) is 3.42. The van der Waals surface area contributed by atoms with Crippen LogP contribution in [0.1, 0.15) is 22.8 Å². The van der Waals surface area contributed by atoms with Crippen LogP contribution in [0.15, 0.2) is 44.4 Å². The van der Waals surface area contributed by atoms with Crippen molar-refractivity contribution in [1.29, 1.82) is 0 Å². The lowest BCUT2D eigenvalue weighted by Gasteiger charge is -2.26. The number of phenolic OH excluding ortho intramolecular Hbond substituents is 1. The van der Waals surface area contributed by atoms with E-state index in [0.29, 0.717) is 64.5 Å². The second-order valence-corrected chi connectivity index (χ2v) is 8.62. The number of hydrazone groups is 1. The van der Waals surface area contributed by atoms with Crippen LogP contribution in [-0.2, 0) is 9.53 Å². The van der Waals surface area contributed by atoms with Gasteiger partial charge in [-0.2, -0.15) is 5.10 Å². The largest absolute Gasteiger partial charge is 0.506 e. The number of phenols is 1. The Morgan fingerprint density at radius 3 is 2.52 bits per heavy atom. The van der Waals surface area contributed by atoms with Crippen molar-refractivity contribution in [2.24, 2.45) is 5.10 Å². The summed E-state index contributed by atoms with van der Waals surface area (Å²) in [5, 5.41) is 13.7. The zero-order valence-corrected chi connectivity index (χ0v) is 21.0. The van der Waals surface area contributed by atoms with Gasteiger partial charge < -0.3 is 24.2 Å². The maximum atomic E-state index is 12.3. The Bertz CT molecular complexity index is 1020. The van der Waals surface area contributed by atoms with Crippen molar-refractivity contribution in [2.75, 3.05) is 39.5 Å². The molecule has 1 fully saturated rings. The molecule has 0 spiro atoms. The minimum Gasteiger partial charge on any atom is -0.506 e. The summed E-state index contributed by atoms with van der Waals surface area (Å²) in [6.07, 6.45) is 1.47. The van der Waals surface area contributed by atoms with Crippen molar-refractivity contribution in [1.82, 2.24) is 10.3 Å². The van der Waals surface area contributed by atoms with Crippen LogP contribution in [0.2, 0.25) is 0 Å². The Morgan fingerprint density at radius 1 is 1.15 bits per heavy atom. The smallest absolute Gasteiger partial charge is 0.271 e. The van der Waals surface area contributed by atoms with E-state index in [1.807, 2.05) is 6.92 Å². The molecule has 2 aromatic carbocycles. The average Bonchev–Trinajstić information content (AvgIpc) is 2.82. The fourth-order valence-corrected chi connectivity index (χ4v) is 4.15. The van der Waals surface area contributed by atoms with Crippen molar-refractivity contribution >= 4 is 49.9 Å². The Hall–Kier alpha value is -2.63. The second kappa shape index (κ2) is 12.0. The monoisotopic (exact) mass is 583 g/mol. The lowest BCUT2D eigenvalue weighted by molar-refractivity contribution is -0.137. The molecule has 2 aromatic rings. The van der Waals surface area contributed by atoms with Crippen LogP contribution in [0.5, 0.6) is 17.2 Å². The zero-order chi connectivity index (χ0) is 23.8. The third kappa shape index (κ3) is 6.92. The first kappa shape index (κ1) is 25.0. The number of nitrogens with one attached hydrogen (secondary N) is 1. The number of nitrogens with zero attached hydrogens (tertiary/aromatic N) is 2. The number of carbonyl (C=O) groups is 2. The van der Waals surface area contributed by atoms with Crippen LogP contribution >= 0.6 is 31.9 Å². The fourth-order valence-electron chi connectivity index (χ4n) is 2.96. The van der Waals surface area contributed by atoms with Crippen LogP contribution in [0.4, 0.5) is 0 Å². The van der Waals surface area contributed by atoms with Crippen LogP contribution in [0.25, 0.3) is 0 Å². The van der Waals surface area contributed by atoms with E-state index in [1.54, 1.807) is 23.1 Å². The Balaban J connectivity index is 1.62. The number of aromatic hydroxyl groups is 1. The molecule has 0 aliphatic carbocycles. The van der Waals surface area contributed by atoms with E-state index >= 15 is 0 Å². The average molecular weight is 585 g/mol. The third-order valence-corrected chi connectivity index (χ3v) is 5.85. The molecule has 0 bridgehead atoms. The van der Waals surface area contributed by atoms with E-state index in [0.717, 1.165) is 0 Å². The highest BCUT2D eigenvalue weighted by molar-refractivity contribution is 9.11. The molecule has 0 atom stereocenters. The SMILES string of the molecule is CCOc1cc(/C=N\NC(=O)c2cc(Br)c(O)c(Br)c2)ccc1OCC(=O)N1CCOCC1. The van der Waals surface area contributed by atoms with Gasteiger partial charge in [-0.15, -0.1) is 0 Å². The highest BCUT2D eigenvalue weighted by Crippen LogP contribution is 2.33. The summed E-state index contributed by atoms with van der Waals surface area (Å²) in [4.78, 5) is 26.3. The van der Waals surface area contributed by atoms with Crippen molar-refractivity contribution in [3.8, 4) is 17.2 Å². The first-order valence-electron chi connectivity index (χ1n) is 10.2. The summed E-state index contributed by atoms with van der Waals surface area (Å²) >= 11 is 6.38. The molecule has 1 heterocycles. The topological polar surface area (TPSA) is 110 Å². The van der Waals surface area contributed by atoms with E-state index < -0.39 is 5.91 Å². The fraction of sp³-hybridized carbons (Fsp3) is 0.318. The van der Waals surface area contributed by atoms with Gasteiger partial charge in [-0.25, -0.2) is 5.43 Å². The Morgan fingerprint density at radius 2 is 1.85 bits per heavy atom. The van der Waals surface area contributed by atoms with E-state index in [2.05, 4.69) is 42.4 Å². The van der Waals surface area contributed by atoms with Crippen molar-refractivity contribution in [3.63, 3.8) is 0 Å². The number of hydrogen-bond acceptors (Lipinski definition) is 7. The number of hydrogen-bond donors (Lipinski definition) is 2. The third-order valence-electron chi connectivity index (χ3n) is 4.64. The number of rotatable bonds is 8. The van der Waals surface area contributed by atoms with E-state index in [9.17, 15) is 14.7 Å². The standard InChI is InChI=1S/C22H23Br2N3O6/c1-2-32-19-9-14(3-4-18(19)33-13-20(28)27-5-7-31-8-6-27)12-25-26-22(30)15-10-16(23)21(29)17(24)11-15/h3-4,9-12,29H,2,5-8,13H2,1H3,(H,26,30)/b25-12-. The van der Waals surface area contributed by atoms with Gasteiger partial charge in [0.2, 0.25) is 0 Å². The lowest BCUT2D eigenvalue weighted by Crippen LogP contribution is -2.43. The van der Waals surface area contributed by atoms with Gasteiger partial charge in [0.05, 0.1) is 35.0 Å². The van der Waals surface area contributed by atoms with Gasteiger partial charge in [0, 0.05) is 18.7 Å². The Kier molecular flexibility index (Phi) is 9.10. The molecule has 3 rings (SSSR count). The second-order valence-electron chi connectivity index (χ2n) is 6.91. The number of morpholine rings is 1. The van der Waals surface area contributed by atoms with Gasteiger partial charge >= 0.3 is 0 Å². The molecule has 11 heteroatoms. The Labute approximate surface area is 208 Å². The molecule has 0 saturated carbocycles. The van der Waals surface area contributed by atoms with Crippen molar-refractivity contribution in [3.05, 3.63) is 50.4 Å². The zero-order valence-electron chi connectivity index (χ0n) is 17.8. The van der Waals surface area contributed by atoms with Crippen molar-refractivity contribution in [2.45, 2.75) is 6.92 Å². The predicted octanol–water partition coefficient (Wildman–Crippen LogP) is 3.32. The number of amides is 2. The quantitative estimate of drug-likeness (QED) is 0.364. The molecule has 0 radical (unpaired) electrons. The highest BCUT2D eigenvalue weighted by Gasteiger charge is 2.18. The maximum Gasteiger partial charge on any atom is 0.271 e.